The summed E-state index contributed by atoms with van der Waals surface area (Å²) in [6.07, 6.45) is 0. The van der Waals surface area contributed by atoms with E-state index in [0.717, 1.165) is 32.5 Å². The van der Waals surface area contributed by atoms with Crippen LogP contribution in [0.4, 0.5) is 0 Å². The average molecular weight is 391 g/mol. The number of benzene rings is 2. The Morgan fingerprint density at radius 2 is 1.71 bits per heavy atom. The van der Waals surface area contributed by atoms with Crippen molar-refractivity contribution >= 4 is 21.9 Å². The van der Waals surface area contributed by atoms with E-state index >= 15 is 0 Å². The quantitative estimate of drug-likeness (QED) is 0.500. The third-order valence-electron chi connectivity index (χ3n) is 3.88. The summed E-state index contributed by atoms with van der Waals surface area (Å²) in [6.45, 7) is 9.92. The first kappa shape index (κ1) is 18.5. The summed E-state index contributed by atoms with van der Waals surface area (Å²) >= 11 is 3.54. The van der Waals surface area contributed by atoms with Gasteiger partial charge < -0.3 is 9.47 Å². The average Bonchev–Trinajstić information content (AvgIpc) is 2.51. The Bertz CT molecular complexity index is 731. The van der Waals surface area contributed by atoms with Crippen LogP contribution in [0.15, 0.2) is 34.8 Å². The maximum Gasteiger partial charge on any atom is 0.349 e. The van der Waals surface area contributed by atoms with E-state index in [9.17, 15) is 4.79 Å². The molecule has 3 nitrogen and oxygen atoms in total. The first-order valence-corrected chi connectivity index (χ1v) is 8.78. The van der Waals surface area contributed by atoms with Crippen LogP contribution in [0, 0.1) is 20.8 Å². The SMILES string of the molecule is Cc1cc(OCC(=O)Oc2c(C)cccc2C)c(C(C)C)cc1Br. The lowest BCUT2D eigenvalue weighted by Crippen LogP contribution is -2.19. The summed E-state index contributed by atoms with van der Waals surface area (Å²) < 4.78 is 12.3. The highest BCUT2D eigenvalue weighted by atomic mass is 79.9. The van der Waals surface area contributed by atoms with Crippen LogP contribution < -0.4 is 9.47 Å². The fourth-order valence-electron chi connectivity index (χ4n) is 2.49. The molecule has 2 aromatic carbocycles. The van der Waals surface area contributed by atoms with Gasteiger partial charge in [-0.2, -0.15) is 0 Å². The van der Waals surface area contributed by atoms with E-state index in [1.807, 2.05) is 51.1 Å². The number of para-hydroxylation sites is 1. The summed E-state index contributed by atoms with van der Waals surface area (Å²) in [5, 5.41) is 0. The van der Waals surface area contributed by atoms with E-state index < -0.39 is 5.97 Å². The monoisotopic (exact) mass is 390 g/mol. The normalized spacial score (nSPS) is 10.8. The minimum absolute atomic E-state index is 0.117. The molecule has 4 heteroatoms. The van der Waals surface area contributed by atoms with E-state index in [1.54, 1.807) is 0 Å². The molecule has 24 heavy (non-hydrogen) atoms. The molecule has 0 aliphatic heterocycles. The number of hydrogen-bond donors (Lipinski definition) is 0. The molecule has 0 amide bonds. The molecule has 0 heterocycles. The highest BCUT2D eigenvalue weighted by Crippen LogP contribution is 2.32. The second kappa shape index (κ2) is 7.84. The van der Waals surface area contributed by atoms with Crippen LogP contribution in [-0.4, -0.2) is 12.6 Å². The predicted molar refractivity (Wildman–Crippen MR) is 100 cm³/mol. The molecule has 0 aliphatic rings. The fraction of sp³-hybridized carbons (Fsp3) is 0.350. The Morgan fingerprint density at radius 1 is 1.08 bits per heavy atom. The second-order valence-electron chi connectivity index (χ2n) is 6.28. The Labute approximate surface area is 152 Å². The summed E-state index contributed by atoms with van der Waals surface area (Å²) in [7, 11) is 0. The lowest BCUT2D eigenvalue weighted by atomic mass is 10.0. The number of rotatable bonds is 5. The van der Waals surface area contributed by atoms with Crippen LogP contribution in [-0.2, 0) is 4.79 Å². The molecule has 2 aromatic rings. The molecule has 0 saturated heterocycles. The predicted octanol–water partition coefficient (Wildman–Crippen LogP) is 5.48. The Balaban J connectivity index is 2.11. The summed E-state index contributed by atoms with van der Waals surface area (Å²) in [6, 6.07) is 9.78. The number of ether oxygens (including phenoxy) is 2. The van der Waals surface area contributed by atoms with Crippen LogP contribution in [0.25, 0.3) is 0 Å². The van der Waals surface area contributed by atoms with Crippen LogP contribution in [0.1, 0.15) is 42.0 Å². The maximum atomic E-state index is 12.2. The zero-order valence-corrected chi connectivity index (χ0v) is 16.4. The number of aryl methyl sites for hydroxylation is 3. The zero-order valence-electron chi connectivity index (χ0n) is 14.8. The molecule has 0 radical (unpaired) electrons. The van der Waals surface area contributed by atoms with E-state index in [1.165, 1.54) is 0 Å². The van der Waals surface area contributed by atoms with E-state index in [-0.39, 0.29) is 6.61 Å². The number of carbonyl (C=O) groups is 1. The molecule has 0 atom stereocenters. The van der Waals surface area contributed by atoms with Crippen molar-refractivity contribution in [2.45, 2.75) is 40.5 Å². The van der Waals surface area contributed by atoms with Crippen molar-refractivity contribution in [2.75, 3.05) is 6.61 Å². The highest BCUT2D eigenvalue weighted by Gasteiger charge is 2.14. The molecule has 0 bridgehead atoms. The van der Waals surface area contributed by atoms with E-state index in [0.29, 0.717) is 11.7 Å². The molecule has 0 aliphatic carbocycles. The minimum Gasteiger partial charge on any atom is -0.482 e. The fourth-order valence-corrected chi connectivity index (χ4v) is 2.85. The second-order valence-corrected chi connectivity index (χ2v) is 7.13. The van der Waals surface area contributed by atoms with Gasteiger partial charge in [0.25, 0.3) is 0 Å². The van der Waals surface area contributed by atoms with Gasteiger partial charge in [-0.3, -0.25) is 0 Å². The highest BCUT2D eigenvalue weighted by molar-refractivity contribution is 9.10. The number of carbonyl (C=O) groups excluding carboxylic acids is 1. The Hall–Kier alpha value is -1.81. The molecule has 2 rings (SSSR count). The standard InChI is InChI=1S/C20H23BrO3/c1-12(2)16-10-17(21)15(5)9-18(16)23-11-19(22)24-20-13(3)7-6-8-14(20)4/h6-10,12H,11H2,1-5H3. The molecule has 0 aromatic heterocycles. The van der Waals surface area contributed by atoms with Crippen molar-refractivity contribution in [1.82, 2.24) is 0 Å². The largest absolute Gasteiger partial charge is 0.482 e. The van der Waals surface area contributed by atoms with Crippen molar-refractivity contribution < 1.29 is 14.3 Å². The van der Waals surface area contributed by atoms with Crippen molar-refractivity contribution in [1.29, 1.82) is 0 Å². The van der Waals surface area contributed by atoms with Crippen molar-refractivity contribution in [3.8, 4) is 11.5 Å². The third-order valence-corrected chi connectivity index (χ3v) is 4.74. The first-order chi connectivity index (χ1) is 11.3. The molecule has 0 saturated carbocycles. The van der Waals surface area contributed by atoms with Crippen molar-refractivity contribution in [3.63, 3.8) is 0 Å². The minimum atomic E-state index is -0.400. The van der Waals surface area contributed by atoms with Crippen molar-refractivity contribution in [3.05, 3.63) is 57.1 Å². The number of halogens is 1. The molecule has 0 N–H and O–H groups in total. The van der Waals surface area contributed by atoms with Gasteiger partial charge in [-0.1, -0.05) is 48.0 Å². The summed E-state index contributed by atoms with van der Waals surface area (Å²) in [5.41, 5.74) is 4.00. The van der Waals surface area contributed by atoms with Crippen molar-refractivity contribution in [2.24, 2.45) is 0 Å². The van der Waals surface area contributed by atoms with E-state index in [2.05, 4.69) is 29.8 Å². The van der Waals surface area contributed by atoms with Crippen LogP contribution >= 0.6 is 15.9 Å². The topological polar surface area (TPSA) is 35.5 Å². The van der Waals surface area contributed by atoms with Gasteiger partial charge in [0.2, 0.25) is 0 Å². The van der Waals surface area contributed by atoms with Gasteiger partial charge in [0, 0.05) is 4.47 Å². The zero-order chi connectivity index (χ0) is 17.9. The van der Waals surface area contributed by atoms with Gasteiger partial charge in [0.15, 0.2) is 6.61 Å². The van der Waals surface area contributed by atoms with Crippen LogP contribution in [0.2, 0.25) is 0 Å². The smallest absolute Gasteiger partial charge is 0.349 e. The van der Waals surface area contributed by atoms with E-state index in [4.69, 9.17) is 9.47 Å². The Kier molecular flexibility index (Phi) is 6.05. The molecule has 128 valence electrons. The molecule has 0 unspecified atom stereocenters. The number of esters is 1. The van der Waals surface area contributed by atoms with Crippen LogP contribution in [0.5, 0.6) is 11.5 Å². The van der Waals surface area contributed by atoms with Gasteiger partial charge in [-0.25, -0.2) is 4.79 Å². The summed E-state index contributed by atoms with van der Waals surface area (Å²) in [5.74, 6) is 1.24. The first-order valence-electron chi connectivity index (χ1n) is 7.99. The maximum absolute atomic E-state index is 12.2. The van der Waals surface area contributed by atoms with Gasteiger partial charge in [-0.15, -0.1) is 0 Å². The summed E-state index contributed by atoms with van der Waals surface area (Å²) in [4.78, 5) is 12.2. The van der Waals surface area contributed by atoms with Gasteiger partial charge in [-0.05, 0) is 61.1 Å². The van der Waals surface area contributed by atoms with Crippen LogP contribution in [0.3, 0.4) is 0 Å². The molecular formula is C20H23BrO3. The lowest BCUT2D eigenvalue weighted by Gasteiger charge is -2.16. The molecule has 0 fully saturated rings. The van der Waals surface area contributed by atoms with Gasteiger partial charge >= 0.3 is 5.97 Å². The lowest BCUT2D eigenvalue weighted by molar-refractivity contribution is -0.136. The van der Waals surface area contributed by atoms with Gasteiger partial charge in [0.05, 0.1) is 0 Å². The molecular weight excluding hydrogens is 368 g/mol. The number of hydrogen-bond acceptors (Lipinski definition) is 3. The molecule has 0 spiro atoms. The van der Waals surface area contributed by atoms with Gasteiger partial charge in [0.1, 0.15) is 11.5 Å². The Morgan fingerprint density at radius 3 is 2.29 bits per heavy atom. The third kappa shape index (κ3) is 4.38.